The first-order valence-corrected chi connectivity index (χ1v) is 38.1. The molecule has 0 saturated heterocycles. The predicted molar refractivity (Wildman–Crippen MR) is 380 cm³/mol. The fraction of sp³-hybridized carbons (Fsp3) is 0.802. The Kier molecular flexibility index (Phi) is 73.7. The van der Waals surface area contributed by atoms with Gasteiger partial charge in [0.15, 0.2) is 6.10 Å². The van der Waals surface area contributed by atoms with E-state index in [1.54, 1.807) is 0 Å². The number of esters is 2. The minimum Gasteiger partial charge on any atom is -0.462 e. The largest absolute Gasteiger partial charge is 0.462 e. The van der Waals surface area contributed by atoms with Crippen molar-refractivity contribution in [2.24, 2.45) is 0 Å². The Hall–Kier alpha value is -2.92. The van der Waals surface area contributed by atoms with Crippen molar-refractivity contribution < 1.29 is 24.2 Å². The second-order valence-electron chi connectivity index (χ2n) is 25.7. The number of aliphatic hydroxyl groups is 1. The van der Waals surface area contributed by atoms with Gasteiger partial charge in [0.2, 0.25) is 0 Å². The Labute approximate surface area is 536 Å². The van der Waals surface area contributed by atoms with E-state index in [-0.39, 0.29) is 25.2 Å². The zero-order valence-corrected chi connectivity index (χ0v) is 57.6. The molecule has 0 rings (SSSR count). The third-order valence-corrected chi connectivity index (χ3v) is 17.2. The molecule has 0 saturated carbocycles. The van der Waals surface area contributed by atoms with Crippen molar-refractivity contribution in [3.8, 4) is 0 Å². The van der Waals surface area contributed by atoms with Gasteiger partial charge in [-0.05, 0) is 70.6 Å². The fourth-order valence-electron chi connectivity index (χ4n) is 11.5. The number of hydrogen-bond acceptors (Lipinski definition) is 5. The molecule has 0 aromatic heterocycles. The summed E-state index contributed by atoms with van der Waals surface area (Å²) in [6, 6.07) is 0. The zero-order valence-electron chi connectivity index (χ0n) is 57.6. The highest BCUT2D eigenvalue weighted by atomic mass is 16.6. The van der Waals surface area contributed by atoms with Crippen LogP contribution in [-0.2, 0) is 19.1 Å². The van der Waals surface area contributed by atoms with E-state index in [0.717, 1.165) is 83.5 Å². The molecule has 0 radical (unpaired) electrons. The van der Waals surface area contributed by atoms with Gasteiger partial charge in [-0.15, -0.1) is 0 Å². The highest BCUT2D eigenvalue weighted by molar-refractivity contribution is 5.70. The molecule has 0 aromatic carbocycles. The fourth-order valence-corrected chi connectivity index (χ4v) is 11.5. The summed E-state index contributed by atoms with van der Waals surface area (Å²) in [5, 5.41) is 9.72. The van der Waals surface area contributed by atoms with Crippen LogP contribution in [0, 0.1) is 0 Å². The van der Waals surface area contributed by atoms with Crippen molar-refractivity contribution in [3.63, 3.8) is 0 Å². The van der Waals surface area contributed by atoms with Crippen molar-refractivity contribution in [2.75, 3.05) is 13.2 Å². The first-order chi connectivity index (χ1) is 42.6. The first kappa shape index (κ1) is 83.1. The van der Waals surface area contributed by atoms with Gasteiger partial charge in [-0.25, -0.2) is 0 Å². The molecule has 0 aliphatic rings. The summed E-state index contributed by atoms with van der Waals surface area (Å²) >= 11 is 0. The Morgan fingerprint density at radius 2 is 0.500 bits per heavy atom. The van der Waals surface area contributed by atoms with Crippen molar-refractivity contribution in [3.05, 3.63) is 85.1 Å². The summed E-state index contributed by atoms with van der Waals surface area (Å²) in [6.45, 7) is 4.08. The second kappa shape index (κ2) is 76.3. The van der Waals surface area contributed by atoms with Gasteiger partial charge < -0.3 is 14.6 Å². The van der Waals surface area contributed by atoms with Gasteiger partial charge in [-0.1, -0.05) is 401 Å². The summed E-state index contributed by atoms with van der Waals surface area (Å²) in [4.78, 5) is 24.7. The molecule has 5 nitrogen and oxygen atoms in total. The molecule has 500 valence electrons. The van der Waals surface area contributed by atoms with Crippen LogP contribution in [0.4, 0.5) is 0 Å². The van der Waals surface area contributed by atoms with Gasteiger partial charge in [0.25, 0.3) is 0 Å². The Balaban J connectivity index is 3.42. The number of unbranched alkanes of at least 4 members (excludes halogenated alkanes) is 49. The lowest BCUT2D eigenvalue weighted by Gasteiger charge is -2.15. The van der Waals surface area contributed by atoms with Crippen molar-refractivity contribution in [1.82, 2.24) is 0 Å². The third kappa shape index (κ3) is 73.5. The maximum atomic E-state index is 12.4. The topological polar surface area (TPSA) is 72.8 Å². The van der Waals surface area contributed by atoms with Gasteiger partial charge in [-0.3, -0.25) is 9.59 Å². The molecule has 0 aliphatic heterocycles. The lowest BCUT2D eigenvalue weighted by Crippen LogP contribution is -2.28. The molecule has 1 unspecified atom stereocenters. The molecule has 0 fully saturated rings. The number of carbonyl (C=O) groups is 2. The van der Waals surface area contributed by atoms with Gasteiger partial charge in [0.1, 0.15) is 6.61 Å². The molecule has 0 heterocycles. The van der Waals surface area contributed by atoms with Crippen LogP contribution in [-0.4, -0.2) is 36.4 Å². The molecule has 1 N–H and O–H groups in total. The zero-order chi connectivity index (χ0) is 61.9. The van der Waals surface area contributed by atoms with E-state index in [1.807, 2.05) is 0 Å². The Morgan fingerprint density at radius 3 is 0.756 bits per heavy atom. The van der Waals surface area contributed by atoms with Crippen LogP contribution >= 0.6 is 0 Å². The van der Waals surface area contributed by atoms with Crippen LogP contribution in [0.15, 0.2) is 85.1 Å². The van der Waals surface area contributed by atoms with Gasteiger partial charge >= 0.3 is 11.9 Å². The minimum atomic E-state index is -0.776. The quantitative estimate of drug-likeness (QED) is 0.0373. The van der Waals surface area contributed by atoms with Crippen LogP contribution in [0.1, 0.15) is 399 Å². The van der Waals surface area contributed by atoms with Gasteiger partial charge in [0.05, 0.1) is 6.61 Å². The van der Waals surface area contributed by atoms with Crippen LogP contribution in [0.2, 0.25) is 0 Å². The smallest absolute Gasteiger partial charge is 0.306 e. The molecule has 0 aromatic rings. The van der Waals surface area contributed by atoms with Crippen LogP contribution in [0.5, 0.6) is 0 Å². The number of ether oxygens (including phenoxy) is 2. The Bertz CT molecular complexity index is 1550. The number of hydrogen-bond donors (Lipinski definition) is 1. The van der Waals surface area contributed by atoms with Crippen LogP contribution in [0.25, 0.3) is 0 Å². The lowest BCUT2D eigenvalue weighted by molar-refractivity contribution is -0.161. The maximum absolute atomic E-state index is 12.4. The average Bonchev–Trinajstić information content (AvgIpc) is 3.55. The molecule has 1 atom stereocenters. The van der Waals surface area contributed by atoms with Gasteiger partial charge in [-0.2, -0.15) is 0 Å². The second-order valence-corrected chi connectivity index (χ2v) is 25.7. The van der Waals surface area contributed by atoms with Gasteiger partial charge in [0, 0.05) is 12.8 Å². The van der Waals surface area contributed by atoms with E-state index in [4.69, 9.17) is 9.47 Å². The average molecular weight is 1200 g/mol. The highest BCUT2D eigenvalue weighted by Gasteiger charge is 2.16. The number of rotatable bonds is 71. The molecule has 0 aliphatic carbocycles. The van der Waals surface area contributed by atoms with Crippen molar-refractivity contribution in [1.29, 1.82) is 0 Å². The van der Waals surface area contributed by atoms with E-state index in [0.29, 0.717) is 12.8 Å². The number of carbonyl (C=O) groups excluding carboxylic acids is 2. The van der Waals surface area contributed by atoms with E-state index >= 15 is 0 Å². The monoisotopic (exact) mass is 1200 g/mol. The summed E-state index contributed by atoms with van der Waals surface area (Å²) in [7, 11) is 0. The minimum absolute atomic E-state index is 0.0643. The van der Waals surface area contributed by atoms with E-state index < -0.39 is 6.10 Å². The van der Waals surface area contributed by atoms with Crippen LogP contribution < -0.4 is 0 Å². The highest BCUT2D eigenvalue weighted by Crippen LogP contribution is 2.19. The first-order valence-electron chi connectivity index (χ1n) is 38.1. The summed E-state index contributed by atoms with van der Waals surface area (Å²) in [5.41, 5.74) is 0. The summed E-state index contributed by atoms with van der Waals surface area (Å²) in [6.07, 6.45) is 108. The molecular formula is C81H146O5. The molecule has 0 spiro atoms. The van der Waals surface area contributed by atoms with Crippen LogP contribution in [0.3, 0.4) is 0 Å². The number of allylic oxidation sites excluding steroid dienone is 14. The molecule has 0 amide bonds. The molecule has 5 heteroatoms. The van der Waals surface area contributed by atoms with E-state index in [9.17, 15) is 14.7 Å². The third-order valence-electron chi connectivity index (χ3n) is 17.2. The normalized spacial score (nSPS) is 12.6. The van der Waals surface area contributed by atoms with Crippen molar-refractivity contribution >= 4 is 11.9 Å². The standard InChI is InChI=1S/C81H146O5/c1-3-5-7-9-11-13-15-17-19-21-23-25-27-29-31-33-35-37-39-40-42-43-45-47-49-51-53-55-57-59-61-63-65-67-69-71-73-75-80(83)85-78-79(77-82)86-81(84)76-74-72-70-68-66-64-62-60-58-56-54-52-50-48-46-44-41-38-36-34-32-30-28-26-24-22-20-18-16-14-12-10-8-6-4-2/h6,8,12,14,18,20,24,26,30,32,36,38,44,46,79,82H,3-5,7,9-11,13,15-17,19,21-23,25,27-29,31,33-35,37,39-43,45,47-78H2,1-2H3/b8-6-,14-12-,20-18-,26-24-,32-30-,38-36-,46-44-. The predicted octanol–water partition coefficient (Wildman–Crippen LogP) is 26.8. The van der Waals surface area contributed by atoms with Crippen molar-refractivity contribution in [2.45, 2.75) is 405 Å². The molecule has 0 bridgehead atoms. The van der Waals surface area contributed by atoms with E-state index in [2.05, 4.69) is 98.9 Å². The van der Waals surface area contributed by atoms with E-state index in [1.165, 1.54) is 289 Å². The summed E-state index contributed by atoms with van der Waals surface area (Å²) in [5.74, 6) is -0.575. The molecular weight excluding hydrogens is 1050 g/mol. The summed E-state index contributed by atoms with van der Waals surface area (Å²) < 4.78 is 10.8. The molecule has 86 heavy (non-hydrogen) atoms. The maximum Gasteiger partial charge on any atom is 0.306 e. The number of aliphatic hydroxyl groups excluding tert-OH is 1. The SMILES string of the molecule is CC/C=C\C/C=C\C/C=C\C/C=C\C/C=C\C/C=C\C/C=C\CCCCCCCCCCCCCCCC(=O)OC(CO)COC(=O)CCCCCCCCCCCCCCCCCCCCCCCCCCCCCCCCCCCCCCC. The Morgan fingerprint density at radius 1 is 0.279 bits per heavy atom. The lowest BCUT2D eigenvalue weighted by atomic mass is 10.0.